The SMILES string of the molecule is CNS(=O)(=O)c1ccccc1N1CC2CCCC(N)C2C1. The van der Waals surface area contributed by atoms with E-state index in [9.17, 15) is 8.42 Å². The van der Waals surface area contributed by atoms with Gasteiger partial charge in [0.25, 0.3) is 0 Å². The summed E-state index contributed by atoms with van der Waals surface area (Å²) < 4.78 is 26.8. The van der Waals surface area contributed by atoms with Crippen LogP contribution in [0.5, 0.6) is 0 Å². The van der Waals surface area contributed by atoms with Gasteiger partial charge >= 0.3 is 0 Å². The lowest BCUT2D eigenvalue weighted by atomic mass is 9.78. The minimum Gasteiger partial charge on any atom is -0.370 e. The van der Waals surface area contributed by atoms with Crippen LogP contribution in [0.1, 0.15) is 19.3 Å². The van der Waals surface area contributed by atoms with Gasteiger partial charge in [-0.3, -0.25) is 0 Å². The first-order valence-electron chi connectivity index (χ1n) is 7.56. The Labute approximate surface area is 126 Å². The average molecular weight is 309 g/mol. The maximum Gasteiger partial charge on any atom is 0.242 e. The molecule has 3 unspecified atom stereocenters. The van der Waals surface area contributed by atoms with Crippen LogP contribution < -0.4 is 15.4 Å². The number of sulfonamides is 1. The van der Waals surface area contributed by atoms with Gasteiger partial charge in [-0.15, -0.1) is 0 Å². The highest BCUT2D eigenvalue weighted by Gasteiger charge is 2.39. The summed E-state index contributed by atoms with van der Waals surface area (Å²) in [7, 11) is -1.99. The second kappa shape index (κ2) is 5.59. The molecule has 3 atom stereocenters. The summed E-state index contributed by atoms with van der Waals surface area (Å²) in [6.07, 6.45) is 3.48. The van der Waals surface area contributed by atoms with Gasteiger partial charge in [0.05, 0.1) is 5.69 Å². The zero-order valence-electron chi connectivity index (χ0n) is 12.3. The van der Waals surface area contributed by atoms with Crippen molar-refractivity contribution < 1.29 is 8.42 Å². The average Bonchev–Trinajstić information content (AvgIpc) is 2.93. The number of hydrogen-bond donors (Lipinski definition) is 2. The lowest BCUT2D eigenvalue weighted by molar-refractivity contribution is 0.260. The van der Waals surface area contributed by atoms with Crippen LogP contribution in [0.15, 0.2) is 29.2 Å². The van der Waals surface area contributed by atoms with Crippen molar-refractivity contribution in [2.75, 3.05) is 25.0 Å². The number of nitrogens with zero attached hydrogens (tertiary/aromatic N) is 1. The minimum atomic E-state index is -3.44. The molecule has 1 aromatic rings. The highest BCUT2D eigenvalue weighted by Crippen LogP contribution is 2.39. The number of rotatable bonds is 3. The Morgan fingerprint density at radius 3 is 2.71 bits per heavy atom. The lowest BCUT2D eigenvalue weighted by Crippen LogP contribution is -2.38. The number of nitrogens with one attached hydrogen (secondary N) is 1. The summed E-state index contributed by atoms with van der Waals surface area (Å²) in [5.41, 5.74) is 7.05. The third-order valence-corrected chi connectivity index (χ3v) is 6.38. The quantitative estimate of drug-likeness (QED) is 0.878. The van der Waals surface area contributed by atoms with Gasteiger partial charge in [0.2, 0.25) is 10.0 Å². The van der Waals surface area contributed by atoms with Gasteiger partial charge in [-0.25, -0.2) is 13.1 Å². The molecule has 0 radical (unpaired) electrons. The van der Waals surface area contributed by atoms with E-state index in [0.717, 1.165) is 25.2 Å². The summed E-state index contributed by atoms with van der Waals surface area (Å²) in [4.78, 5) is 2.56. The predicted octanol–water partition coefficient (Wildman–Crippen LogP) is 1.16. The van der Waals surface area contributed by atoms with E-state index in [1.165, 1.54) is 19.9 Å². The fourth-order valence-electron chi connectivity index (χ4n) is 3.77. The van der Waals surface area contributed by atoms with Crippen molar-refractivity contribution in [3.63, 3.8) is 0 Å². The fraction of sp³-hybridized carbons (Fsp3) is 0.600. The Balaban J connectivity index is 1.92. The van der Waals surface area contributed by atoms with Crippen molar-refractivity contribution in [2.45, 2.75) is 30.2 Å². The number of hydrogen-bond acceptors (Lipinski definition) is 4. The van der Waals surface area contributed by atoms with Crippen molar-refractivity contribution in [1.29, 1.82) is 0 Å². The third-order valence-electron chi connectivity index (χ3n) is 4.92. The highest BCUT2D eigenvalue weighted by molar-refractivity contribution is 7.89. The molecule has 0 amide bonds. The van der Waals surface area contributed by atoms with Crippen LogP contribution in [0.3, 0.4) is 0 Å². The summed E-state index contributed by atoms with van der Waals surface area (Å²) in [5, 5.41) is 0. The number of anilines is 1. The maximum absolute atomic E-state index is 12.2. The molecule has 0 aromatic heterocycles. The van der Waals surface area contributed by atoms with Crippen molar-refractivity contribution in [3.8, 4) is 0 Å². The number of fused-ring (bicyclic) bond motifs is 1. The Morgan fingerprint density at radius 2 is 2.00 bits per heavy atom. The monoisotopic (exact) mass is 309 g/mol. The second-order valence-electron chi connectivity index (χ2n) is 6.10. The van der Waals surface area contributed by atoms with Crippen molar-refractivity contribution in [3.05, 3.63) is 24.3 Å². The largest absolute Gasteiger partial charge is 0.370 e. The molecular weight excluding hydrogens is 286 g/mol. The molecule has 0 bridgehead atoms. The molecule has 1 heterocycles. The predicted molar refractivity (Wildman–Crippen MR) is 83.7 cm³/mol. The van der Waals surface area contributed by atoms with Crippen molar-refractivity contribution in [1.82, 2.24) is 4.72 Å². The smallest absolute Gasteiger partial charge is 0.242 e. The molecule has 1 aliphatic carbocycles. The first-order valence-corrected chi connectivity index (χ1v) is 9.04. The van der Waals surface area contributed by atoms with E-state index < -0.39 is 10.0 Å². The summed E-state index contributed by atoms with van der Waals surface area (Å²) in [6.45, 7) is 1.77. The first kappa shape index (κ1) is 14.8. The Hall–Kier alpha value is -1.11. The van der Waals surface area contributed by atoms with E-state index >= 15 is 0 Å². The van der Waals surface area contributed by atoms with E-state index in [4.69, 9.17) is 5.73 Å². The Bertz CT molecular complexity index is 617. The molecule has 3 N–H and O–H groups in total. The van der Waals surface area contributed by atoms with E-state index in [1.807, 2.05) is 12.1 Å². The van der Waals surface area contributed by atoms with E-state index in [1.54, 1.807) is 12.1 Å². The molecule has 21 heavy (non-hydrogen) atoms. The standard InChI is InChI=1S/C15H23N3O2S/c1-17-21(19,20)15-8-3-2-7-14(15)18-9-11-5-4-6-13(16)12(11)10-18/h2-3,7-8,11-13,17H,4-6,9-10,16H2,1H3. The minimum absolute atomic E-state index is 0.252. The molecule has 5 nitrogen and oxygen atoms in total. The lowest BCUT2D eigenvalue weighted by Gasteiger charge is -2.29. The van der Waals surface area contributed by atoms with Crippen molar-refractivity contribution >= 4 is 15.7 Å². The maximum atomic E-state index is 12.2. The summed E-state index contributed by atoms with van der Waals surface area (Å²) in [6, 6.07) is 7.48. The fourth-order valence-corrected chi connectivity index (χ4v) is 4.72. The van der Waals surface area contributed by atoms with E-state index in [0.29, 0.717) is 16.7 Å². The molecule has 116 valence electrons. The van der Waals surface area contributed by atoms with Gasteiger partial charge in [-0.1, -0.05) is 18.6 Å². The molecular formula is C15H23N3O2S. The highest BCUT2D eigenvalue weighted by atomic mass is 32.2. The van der Waals surface area contributed by atoms with Crippen LogP contribution >= 0.6 is 0 Å². The molecule has 2 fully saturated rings. The molecule has 1 saturated heterocycles. The molecule has 1 saturated carbocycles. The first-order chi connectivity index (χ1) is 10.0. The van der Waals surface area contributed by atoms with Gasteiger partial charge < -0.3 is 10.6 Å². The van der Waals surface area contributed by atoms with Crippen LogP contribution in [-0.4, -0.2) is 34.6 Å². The zero-order chi connectivity index (χ0) is 15.0. The molecule has 6 heteroatoms. The topological polar surface area (TPSA) is 75.4 Å². The Morgan fingerprint density at radius 1 is 1.24 bits per heavy atom. The van der Waals surface area contributed by atoms with Gasteiger partial charge in [0.15, 0.2) is 0 Å². The van der Waals surface area contributed by atoms with E-state index in [2.05, 4.69) is 9.62 Å². The van der Waals surface area contributed by atoms with Crippen LogP contribution in [0.25, 0.3) is 0 Å². The van der Waals surface area contributed by atoms with Crippen LogP contribution in [0.2, 0.25) is 0 Å². The molecule has 1 aliphatic heterocycles. The van der Waals surface area contributed by atoms with Gasteiger partial charge in [0, 0.05) is 19.1 Å². The van der Waals surface area contributed by atoms with Crippen LogP contribution in [0.4, 0.5) is 5.69 Å². The van der Waals surface area contributed by atoms with Crippen molar-refractivity contribution in [2.24, 2.45) is 17.6 Å². The summed E-state index contributed by atoms with van der Waals surface area (Å²) >= 11 is 0. The normalized spacial score (nSPS) is 29.4. The van der Waals surface area contributed by atoms with Gasteiger partial charge in [-0.05, 0) is 43.9 Å². The van der Waals surface area contributed by atoms with Gasteiger partial charge in [0.1, 0.15) is 4.90 Å². The van der Waals surface area contributed by atoms with Gasteiger partial charge in [-0.2, -0.15) is 0 Å². The molecule has 1 aromatic carbocycles. The summed E-state index contributed by atoms with van der Waals surface area (Å²) in [5.74, 6) is 1.09. The van der Waals surface area contributed by atoms with Crippen LogP contribution in [0, 0.1) is 11.8 Å². The van der Waals surface area contributed by atoms with Crippen LogP contribution in [-0.2, 0) is 10.0 Å². The zero-order valence-corrected chi connectivity index (χ0v) is 13.1. The van der Waals surface area contributed by atoms with E-state index in [-0.39, 0.29) is 6.04 Å². The number of para-hydroxylation sites is 1. The molecule has 2 aliphatic rings. The number of nitrogens with two attached hydrogens (primary N) is 1. The number of benzene rings is 1. The second-order valence-corrected chi connectivity index (χ2v) is 7.95. The molecule has 3 rings (SSSR count). The third kappa shape index (κ3) is 2.67. The Kier molecular flexibility index (Phi) is 3.94. The molecule has 0 spiro atoms.